The molecule has 0 bridgehead atoms. The van der Waals surface area contributed by atoms with Crippen molar-refractivity contribution >= 4 is 22.0 Å². The molecule has 0 amide bonds. The fourth-order valence-electron chi connectivity index (χ4n) is 2.42. The van der Waals surface area contributed by atoms with Crippen molar-refractivity contribution < 1.29 is 8.42 Å². The first kappa shape index (κ1) is 18.2. The highest BCUT2D eigenvalue weighted by atomic mass is 32.2. The Morgan fingerprint density at radius 1 is 1.30 bits per heavy atom. The van der Waals surface area contributed by atoms with Gasteiger partial charge in [0.1, 0.15) is 0 Å². The van der Waals surface area contributed by atoms with Gasteiger partial charge in [0.25, 0.3) is 10.2 Å². The van der Waals surface area contributed by atoms with Gasteiger partial charge in [-0.25, -0.2) is 0 Å². The highest BCUT2D eigenvalue weighted by Crippen LogP contribution is 2.19. The molecule has 0 spiro atoms. The van der Waals surface area contributed by atoms with Gasteiger partial charge in [0, 0.05) is 24.9 Å². The molecule has 0 aromatic carbocycles. The normalized spacial score (nSPS) is 20.1. The molecule has 1 unspecified atom stereocenters. The van der Waals surface area contributed by atoms with Crippen LogP contribution in [0.25, 0.3) is 0 Å². The summed E-state index contributed by atoms with van der Waals surface area (Å²) in [6.07, 6.45) is 4.74. The molecule has 1 atom stereocenters. The number of nitrogens with zero attached hydrogens (tertiary/aromatic N) is 1. The van der Waals surface area contributed by atoms with Crippen molar-refractivity contribution in [3.05, 3.63) is 0 Å². The number of hydrogen-bond donors (Lipinski definition) is 2. The lowest BCUT2D eigenvalue weighted by Crippen LogP contribution is -2.49. The number of rotatable bonds is 9. The lowest BCUT2D eigenvalue weighted by atomic mass is 9.98. The summed E-state index contributed by atoms with van der Waals surface area (Å²) >= 11 is 1.68. The molecule has 0 saturated carbocycles. The van der Waals surface area contributed by atoms with Crippen molar-refractivity contribution in [1.82, 2.24) is 14.3 Å². The number of hydrogen-bond acceptors (Lipinski definition) is 4. The van der Waals surface area contributed by atoms with Crippen molar-refractivity contribution in [2.45, 2.75) is 39.2 Å². The third kappa shape index (κ3) is 5.89. The van der Waals surface area contributed by atoms with Crippen LogP contribution in [0.5, 0.6) is 0 Å². The Morgan fingerprint density at radius 3 is 2.45 bits per heavy atom. The molecule has 7 heteroatoms. The molecule has 1 heterocycles. The third-order valence-electron chi connectivity index (χ3n) is 3.77. The van der Waals surface area contributed by atoms with E-state index in [1.807, 2.05) is 13.2 Å². The zero-order chi connectivity index (χ0) is 15.0. The fraction of sp³-hybridized carbons (Fsp3) is 1.00. The maximum atomic E-state index is 12.3. The summed E-state index contributed by atoms with van der Waals surface area (Å²) in [5, 5.41) is 3.34. The summed E-state index contributed by atoms with van der Waals surface area (Å²) in [6, 6.07) is 0.0366. The Bertz CT molecular complexity index is 355. The molecular weight excluding hydrogens is 294 g/mol. The Hall–Kier alpha value is 0.180. The van der Waals surface area contributed by atoms with E-state index in [0.29, 0.717) is 19.0 Å². The first-order chi connectivity index (χ1) is 9.53. The zero-order valence-corrected chi connectivity index (χ0v) is 14.5. The Balaban J connectivity index is 2.45. The molecule has 0 aliphatic carbocycles. The zero-order valence-electron chi connectivity index (χ0n) is 12.9. The largest absolute Gasteiger partial charge is 0.317 e. The molecule has 1 aliphatic heterocycles. The smallest absolute Gasteiger partial charge is 0.279 e. The lowest BCUT2D eigenvalue weighted by Gasteiger charge is -2.32. The van der Waals surface area contributed by atoms with Crippen molar-refractivity contribution in [2.24, 2.45) is 5.92 Å². The van der Waals surface area contributed by atoms with Crippen molar-refractivity contribution in [2.75, 3.05) is 38.2 Å². The van der Waals surface area contributed by atoms with Gasteiger partial charge in [-0.15, -0.1) is 0 Å². The topological polar surface area (TPSA) is 61.4 Å². The standard InChI is InChI=1S/C13H29N3O2S2/c1-4-13(11-19-3)15-20(17,18)16-8-6-12(7-9-16)10-14-5-2/h12-15H,4-11H2,1-3H3. The highest BCUT2D eigenvalue weighted by molar-refractivity contribution is 7.98. The average Bonchev–Trinajstić information content (AvgIpc) is 2.45. The maximum absolute atomic E-state index is 12.3. The van der Waals surface area contributed by atoms with Crippen LogP contribution in [-0.2, 0) is 10.2 Å². The predicted octanol–water partition coefficient (Wildman–Crippen LogP) is 1.28. The van der Waals surface area contributed by atoms with Crippen molar-refractivity contribution in [3.63, 3.8) is 0 Å². The van der Waals surface area contributed by atoms with Crippen LogP contribution in [0.1, 0.15) is 33.1 Å². The van der Waals surface area contributed by atoms with E-state index in [-0.39, 0.29) is 6.04 Å². The molecule has 1 aliphatic rings. The summed E-state index contributed by atoms with van der Waals surface area (Å²) in [4.78, 5) is 0. The molecule has 0 radical (unpaired) electrons. The molecule has 5 nitrogen and oxygen atoms in total. The summed E-state index contributed by atoms with van der Waals surface area (Å²) < 4.78 is 29.1. The predicted molar refractivity (Wildman–Crippen MR) is 87.4 cm³/mol. The fourth-order valence-corrected chi connectivity index (χ4v) is 4.76. The molecule has 20 heavy (non-hydrogen) atoms. The second-order valence-corrected chi connectivity index (χ2v) is 7.95. The quantitative estimate of drug-likeness (QED) is 0.671. The minimum absolute atomic E-state index is 0.0366. The van der Waals surface area contributed by atoms with Crippen LogP contribution in [-0.4, -0.2) is 57.0 Å². The minimum Gasteiger partial charge on any atom is -0.317 e. The van der Waals surface area contributed by atoms with Gasteiger partial charge < -0.3 is 5.32 Å². The van der Waals surface area contributed by atoms with E-state index in [2.05, 4.69) is 17.0 Å². The Kier molecular flexibility index (Phi) is 8.43. The average molecular weight is 324 g/mol. The molecule has 1 fully saturated rings. The maximum Gasteiger partial charge on any atom is 0.279 e. The minimum atomic E-state index is -3.31. The molecular formula is C13H29N3O2S2. The van der Waals surface area contributed by atoms with Crippen LogP contribution in [0.3, 0.4) is 0 Å². The highest BCUT2D eigenvalue weighted by Gasteiger charge is 2.29. The molecule has 0 aromatic rings. The van der Waals surface area contributed by atoms with Crippen LogP contribution in [0, 0.1) is 5.92 Å². The Morgan fingerprint density at radius 2 is 1.95 bits per heavy atom. The second kappa shape index (κ2) is 9.25. The van der Waals surface area contributed by atoms with Crippen LogP contribution in [0.2, 0.25) is 0 Å². The second-order valence-electron chi connectivity index (χ2n) is 5.33. The van der Waals surface area contributed by atoms with E-state index >= 15 is 0 Å². The van der Waals surface area contributed by atoms with Crippen LogP contribution >= 0.6 is 11.8 Å². The van der Waals surface area contributed by atoms with Crippen LogP contribution in [0.4, 0.5) is 0 Å². The molecule has 120 valence electrons. The summed E-state index contributed by atoms with van der Waals surface area (Å²) in [5.74, 6) is 1.43. The van der Waals surface area contributed by atoms with E-state index < -0.39 is 10.2 Å². The van der Waals surface area contributed by atoms with Crippen LogP contribution in [0.15, 0.2) is 0 Å². The monoisotopic (exact) mass is 323 g/mol. The summed E-state index contributed by atoms with van der Waals surface area (Å²) in [6.45, 7) is 7.38. The SMILES string of the molecule is CCNCC1CCN(S(=O)(=O)NC(CC)CSC)CC1. The van der Waals surface area contributed by atoms with Gasteiger partial charge in [-0.05, 0) is 44.5 Å². The lowest BCUT2D eigenvalue weighted by molar-refractivity contribution is 0.265. The first-order valence-corrected chi connectivity index (χ1v) is 10.3. The first-order valence-electron chi connectivity index (χ1n) is 7.50. The third-order valence-corrected chi connectivity index (χ3v) is 6.18. The molecule has 1 saturated heterocycles. The van der Waals surface area contributed by atoms with E-state index in [9.17, 15) is 8.42 Å². The van der Waals surface area contributed by atoms with Gasteiger partial charge in [0.05, 0.1) is 0 Å². The van der Waals surface area contributed by atoms with Gasteiger partial charge >= 0.3 is 0 Å². The molecule has 2 N–H and O–H groups in total. The number of nitrogens with one attached hydrogen (secondary N) is 2. The van der Waals surface area contributed by atoms with Gasteiger partial charge in [-0.2, -0.15) is 29.2 Å². The van der Waals surface area contributed by atoms with E-state index in [0.717, 1.165) is 38.1 Å². The number of piperidine rings is 1. The van der Waals surface area contributed by atoms with Crippen LogP contribution < -0.4 is 10.0 Å². The Labute approximate surface area is 128 Å². The van der Waals surface area contributed by atoms with Crippen molar-refractivity contribution in [1.29, 1.82) is 0 Å². The van der Waals surface area contributed by atoms with E-state index in [1.165, 1.54) is 0 Å². The summed E-state index contributed by atoms with van der Waals surface area (Å²) in [7, 11) is -3.31. The van der Waals surface area contributed by atoms with Gasteiger partial charge in [0.2, 0.25) is 0 Å². The number of thioether (sulfide) groups is 1. The van der Waals surface area contributed by atoms with Gasteiger partial charge in [-0.1, -0.05) is 13.8 Å². The van der Waals surface area contributed by atoms with Gasteiger partial charge in [-0.3, -0.25) is 0 Å². The molecule has 0 aromatic heterocycles. The van der Waals surface area contributed by atoms with Gasteiger partial charge in [0.15, 0.2) is 0 Å². The van der Waals surface area contributed by atoms with E-state index in [1.54, 1.807) is 16.1 Å². The molecule has 1 rings (SSSR count). The van der Waals surface area contributed by atoms with E-state index in [4.69, 9.17) is 0 Å². The van der Waals surface area contributed by atoms with Crippen molar-refractivity contribution in [3.8, 4) is 0 Å². The summed E-state index contributed by atoms with van der Waals surface area (Å²) in [5.41, 5.74) is 0.